The largest absolute Gasteiger partial charge is 0.497 e. The van der Waals surface area contributed by atoms with Gasteiger partial charge in [-0.05, 0) is 17.7 Å². The van der Waals surface area contributed by atoms with E-state index in [1.165, 1.54) is 14.2 Å². The Bertz CT molecular complexity index is 968. The molecule has 1 aromatic carbocycles. The van der Waals surface area contributed by atoms with Crippen LogP contribution >= 0.6 is 0 Å². The van der Waals surface area contributed by atoms with Crippen molar-refractivity contribution in [3.8, 4) is 5.75 Å². The summed E-state index contributed by atoms with van der Waals surface area (Å²) in [7, 11) is -5.15. The van der Waals surface area contributed by atoms with Gasteiger partial charge in [-0.25, -0.2) is 0 Å². The summed E-state index contributed by atoms with van der Waals surface area (Å²) in [6, 6.07) is 6.87. The monoisotopic (exact) mass is 512 g/mol. The summed E-state index contributed by atoms with van der Waals surface area (Å²) in [6.07, 6.45) is -2.00. The molecule has 0 aromatic heterocycles. The maximum absolute atomic E-state index is 11.7. The van der Waals surface area contributed by atoms with E-state index in [0.29, 0.717) is 11.3 Å². The quantitative estimate of drug-likeness (QED) is 0.278. The number of esters is 1. The minimum absolute atomic E-state index is 0.0360. The molecule has 0 spiro atoms. The SMILES string of the molecule is COc1ccc(CO[C@@H]2[C@H](OC(C)=O)[C@@H](OC)OC2(COS(C)(=O)=O)COS(C)(=O)=O)cc1. The number of carbonyl (C=O) groups is 1. The van der Waals surface area contributed by atoms with Gasteiger partial charge in [0.2, 0.25) is 0 Å². The van der Waals surface area contributed by atoms with Crippen LogP contribution in [-0.4, -0.2) is 86.8 Å². The van der Waals surface area contributed by atoms with Crippen LogP contribution in [0, 0.1) is 0 Å². The fraction of sp³-hybridized carbons (Fsp3) is 0.632. The van der Waals surface area contributed by atoms with Gasteiger partial charge in [-0.3, -0.25) is 13.2 Å². The van der Waals surface area contributed by atoms with E-state index in [1.807, 2.05) is 0 Å². The van der Waals surface area contributed by atoms with Crippen molar-refractivity contribution < 1.29 is 53.7 Å². The molecule has 33 heavy (non-hydrogen) atoms. The molecule has 0 saturated carbocycles. The standard InChI is InChI=1S/C19H28O12S2/c1-13(20)30-16-17(27-10-14-6-8-15(25-2)9-7-14)19(31-18(16)26-3,11-28-32(4,21)22)12-29-33(5,23)24/h6-9,16-18H,10-12H2,1-5H3/t16-,17+,18-/m0/s1. The molecular weight excluding hydrogens is 484 g/mol. The Labute approximate surface area is 193 Å². The van der Waals surface area contributed by atoms with Gasteiger partial charge >= 0.3 is 5.97 Å². The first-order valence-corrected chi connectivity index (χ1v) is 13.2. The van der Waals surface area contributed by atoms with Gasteiger partial charge in [0.1, 0.15) is 25.1 Å². The van der Waals surface area contributed by atoms with E-state index in [4.69, 9.17) is 32.1 Å². The predicted molar refractivity (Wildman–Crippen MR) is 113 cm³/mol. The first kappa shape index (κ1) is 27.4. The molecule has 0 aliphatic carbocycles. The molecule has 1 aromatic rings. The molecule has 2 rings (SSSR count). The van der Waals surface area contributed by atoms with Gasteiger partial charge in [0.25, 0.3) is 20.2 Å². The van der Waals surface area contributed by atoms with Crippen LogP contribution in [0.1, 0.15) is 12.5 Å². The molecule has 1 aliphatic rings. The lowest BCUT2D eigenvalue weighted by Gasteiger charge is -2.33. The third-order valence-corrected chi connectivity index (χ3v) is 5.69. The van der Waals surface area contributed by atoms with Crippen molar-refractivity contribution in [2.45, 2.75) is 37.6 Å². The number of hydrogen-bond acceptors (Lipinski definition) is 12. The zero-order valence-electron chi connectivity index (χ0n) is 18.9. The summed E-state index contributed by atoms with van der Waals surface area (Å²) >= 11 is 0. The van der Waals surface area contributed by atoms with Crippen molar-refractivity contribution in [2.75, 3.05) is 39.9 Å². The smallest absolute Gasteiger partial charge is 0.303 e. The highest BCUT2D eigenvalue weighted by Crippen LogP contribution is 2.38. The summed E-state index contributed by atoms with van der Waals surface area (Å²) in [6.45, 7) is -0.252. The molecule has 1 heterocycles. The Hall–Kier alpha value is -1.81. The van der Waals surface area contributed by atoms with Crippen molar-refractivity contribution in [3.63, 3.8) is 0 Å². The molecule has 14 heteroatoms. The molecule has 0 bridgehead atoms. The second kappa shape index (κ2) is 11.1. The fourth-order valence-corrected chi connectivity index (χ4v) is 3.97. The average molecular weight is 513 g/mol. The van der Waals surface area contributed by atoms with Gasteiger partial charge in [0.15, 0.2) is 18.0 Å². The predicted octanol–water partition coefficient (Wildman–Crippen LogP) is 0.206. The number of ether oxygens (including phenoxy) is 5. The third kappa shape index (κ3) is 8.17. The van der Waals surface area contributed by atoms with Gasteiger partial charge in [0, 0.05) is 14.0 Å². The van der Waals surface area contributed by atoms with E-state index in [9.17, 15) is 21.6 Å². The molecule has 1 aliphatic heterocycles. The maximum Gasteiger partial charge on any atom is 0.303 e. The first-order valence-electron chi connectivity index (χ1n) is 9.60. The Morgan fingerprint density at radius 3 is 1.97 bits per heavy atom. The minimum Gasteiger partial charge on any atom is -0.497 e. The Balaban J connectivity index is 2.42. The van der Waals surface area contributed by atoms with Crippen LogP contribution in [0.3, 0.4) is 0 Å². The molecule has 188 valence electrons. The number of rotatable bonds is 12. The molecule has 0 amide bonds. The van der Waals surface area contributed by atoms with Crippen LogP contribution in [-0.2, 0) is 59.0 Å². The van der Waals surface area contributed by atoms with E-state index in [1.54, 1.807) is 24.3 Å². The molecular formula is C19H28O12S2. The van der Waals surface area contributed by atoms with Crippen molar-refractivity contribution in [2.24, 2.45) is 0 Å². The highest BCUT2D eigenvalue weighted by Gasteiger charge is 2.59. The van der Waals surface area contributed by atoms with Crippen LogP contribution < -0.4 is 4.74 Å². The molecule has 1 saturated heterocycles. The van der Waals surface area contributed by atoms with Crippen molar-refractivity contribution in [1.82, 2.24) is 0 Å². The topological polar surface area (TPSA) is 150 Å². The second-order valence-electron chi connectivity index (χ2n) is 7.37. The van der Waals surface area contributed by atoms with E-state index in [2.05, 4.69) is 0 Å². The molecule has 0 radical (unpaired) electrons. The Morgan fingerprint density at radius 1 is 1.00 bits per heavy atom. The maximum atomic E-state index is 11.7. The lowest BCUT2D eigenvalue weighted by atomic mass is 9.96. The van der Waals surface area contributed by atoms with Crippen molar-refractivity contribution >= 4 is 26.2 Å². The van der Waals surface area contributed by atoms with Crippen LogP contribution in [0.5, 0.6) is 5.75 Å². The molecule has 3 atom stereocenters. The normalized spacial score (nSPS) is 22.8. The van der Waals surface area contributed by atoms with Crippen LogP contribution in [0.4, 0.5) is 0 Å². The molecule has 1 fully saturated rings. The van der Waals surface area contributed by atoms with Crippen molar-refractivity contribution in [3.05, 3.63) is 29.8 Å². The van der Waals surface area contributed by atoms with E-state index in [-0.39, 0.29) is 6.61 Å². The number of carbonyl (C=O) groups excluding carboxylic acids is 1. The summed E-state index contributed by atoms with van der Waals surface area (Å²) in [4.78, 5) is 11.7. The van der Waals surface area contributed by atoms with Gasteiger partial charge in [-0.2, -0.15) is 16.8 Å². The van der Waals surface area contributed by atoms with Gasteiger partial charge in [-0.15, -0.1) is 0 Å². The first-order chi connectivity index (χ1) is 15.3. The zero-order chi connectivity index (χ0) is 24.9. The van der Waals surface area contributed by atoms with Gasteiger partial charge in [0.05, 0.1) is 26.2 Å². The number of benzene rings is 1. The van der Waals surface area contributed by atoms with Gasteiger partial charge in [-0.1, -0.05) is 12.1 Å². The van der Waals surface area contributed by atoms with Crippen LogP contribution in [0.15, 0.2) is 24.3 Å². The van der Waals surface area contributed by atoms with E-state index >= 15 is 0 Å². The summed E-state index contributed by atoms with van der Waals surface area (Å²) in [5, 5.41) is 0. The van der Waals surface area contributed by atoms with Gasteiger partial charge < -0.3 is 23.7 Å². The zero-order valence-corrected chi connectivity index (χ0v) is 20.5. The number of hydrogen-bond donors (Lipinski definition) is 0. The number of methoxy groups -OCH3 is 2. The fourth-order valence-electron chi connectivity index (χ4n) is 3.14. The highest BCUT2D eigenvalue weighted by atomic mass is 32.2. The third-order valence-electron chi connectivity index (χ3n) is 4.59. The average Bonchev–Trinajstić information content (AvgIpc) is 3.01. The summed E-state index contributed by atoms with van der Waals surface area (Å²) in [5.74, 6) is -0.0646. The summed E-state index contributed by atoms with van der Waals surface area (Å²) < 4.78 is 84.1. The Morgan fingerprint density at radius 2 is 1.55 bits per heavy atom. The second-order valence-corrected chi connectivity index (χ2v) is 10.7. The van der Waals surface area contributed by atoms with E-state index in [0.717, 1.165) is 19.4 Å². The minimum atomic E-state index is -3.97. The summed E-state index contributed by atoms with van der Waals surface area (Å²) in [5.41, 5.74) is -1.13. The van der Waals surface area contributed by atoms with Crippen LogP contribution in [0.25, 0.3) is 0 Å². The highest BCUT2D eigenvalue weighted by molar-refractivity contribution is 7.86. The van der Waals surface area contributed by atoms with Crippen molar-refractivity contribution in [1.29, 1.82) is 0 Å². The molecule has 12 nitrogen and oxygen atoms in total. The Kier molecular flexibility index (Phi) is 9.21. The lowest BCUT2D eigenvalue weighted by molar-refractivity contribution is -0.200. The molecule has 0 N–H and O–H groups in total. The van der Waals surface area contributed by atoms with E-state index < -0.39 is 63.5 Å². The molecule has 0 unspecified atom stereocenters. The lowest BCUT2D eigenvalue weighted by Crippen LogP contribution is -2.53. The van der Waals surface area contributed by atoms with Crippen LogP contribution in [0.2, 0.25) is 0 Å².